The van der Waals surface area contributed by atoms with Gasteiger partial charge in [-0.2, -0.15) is 9.97 Å². The Labute approximate surface area is 266 Å². The highest BCUT2D eigenvalue weighted by Gasteiger charge is 2.46. The normalized spacial score (nSPS) is 22.4. The monoisotopic (exact) mass is 657 g/mol. The average molecular weight is 658 g/mol. The lowest BCUT2D eigenvalue weighted by atomic mass is 10.1. The van der Waals surface area contributed by atoms with E-state index in [1.807, 2.05) is 60.7 Å². The molecule has 45 heavy (non-hydrogen) atoms. The molecule has 2 aliphatic rings. The molecule has 2 aromatic heterocycles. The van der Waals surface area contributed by atoms with E-state index in [0.29, 0.717) is 29.8 Å². The minimum Gasteiger partial charge on any atom is -0.387 e. The molecule has 0 amide bonds. The number of aliphatic hydroxyl groups is 2. The lowest BCUT2D eigenvalue weighted by Gasteiger charge is -2.21. The van der Waals surface area contributed by atoms with E-state index in [2.05, 4.69) is 20.3 Å². The molecule has 1 saturated carbocycles. The molecular formula is C31H37ClN5O7P. The highest BCUT2D eigenvalue weighted by Crippen LogP contribution is 2.50. The Kier molecular flexibility index (Phi) is 10.4. The number of aliphatic hydroxyl groups excluding tert-OH is 2. The minimum atomic E-state index is -4.08. The van der Waals surface area contributed by atoms with E-state index in [4.69, 9.17) is 29.9 Å². The summed E-state index contributed by atoms with van der Waals surface area (Å²) in [5, 5.41) is 25.3. The molecule has 14 heteroatoms. The fourth-order valence-corrected chi connectivity index (χ4v) is 7.00. The van der Waals surface area contributed by atoms with E-state index < -0.39 is 32.4 Å². The summed E-state index contributed by atoms with van der Waals surface area (Å²) in [5.74, 6) is 0.504. The van der Waals surface area contributed by atoms with Gasteiger partial charge in [-0.05, 0) is 48.4 Å². The van der Waals surface area contributed by atoms with Crippen LogP contribution in [0.5, 0.6) is 0 Å². The van der Waals surface area contributed by atoms with Crippen molar-refractivity contribution in [3.63, 3.8) is 0 Å². The summed E-state index contributed by atoms with van der Waals surface area (Å²) < 4.78 is 38.3. The van der Waals surface area contributed by atoms with E-state index in [1.54, 1.807) is 0 Å². The number of phosphoric acid groups is 1. The van der Waals surface area contributed by atoms with Gasteiger partial charge in [0.25, 0.3) is 0 Å². The van der Waals surface area contributed by atoms with Crippen LogP contribution in [0.25, 0.3) is 11.2 Å². The molecule has 3 N–H and O–H groups in total. The first-order valence-electron chi connectivity index (χ1n) is 15.2. The van der Waals surface area contributed by atoms with Gasteiger partial charge in [0.1, 0.15) is 18.3 Å². The van der Waals surface area contributed by atoms with Gasteiger partial charge in [0.15, 0.2) is 23.2 Å². The van der Waals surface area contributed by atoms with Gasteiger partial charge in [0.05, 0.1) is 26.1 Å². The molecule has 1 saturated heterocycles. The molecule has 0 unspecified atom stereocenters. The van der Waals surface area contributed by atoms with Crippen LogP contribution in [0.3, 0.4) is 0 Å². The van der Waals surface area contributed by atoms with Crippen molar-refractivity contribution in [1.29, 1.82) is 0 Å². The second kappa shape index (κ2) is 14.7. The maximum Gasteiger partial charge on any atom is 0.474 e. The largest absolute Gasteiger partial charge is 0.474 e. The van der Waals surface area contributed by atoms with E-state index in [1.165, 1.54) is 10.9 Å². The highest BCUT2D eigenvalue weighted by atomic mass is 35.5. The SMILES string of the molecule is O=P(OCCc1ccccc1)(OCCc1ccccc1)OC[C@H]1O[C@@H](n2cnc3c(NC4CCCC4)nc(Cl)nc32)[C@H](O)[C@@H]1O. The second-order valence-corrected chi connectivity index (χ2v) is 13.2. The van der Waals surface area contributed by atoms with Gasteiger partial charge in [-0.15, -0.1) is 0 Å². The molecule has 0 bridgehead atoms. The Morgan fingerprint density at radius 1 is 0.911 bits per heavy atom. The molecule has 4 atom stereocenters. The maximum absolute atomic E-state index is 13.7. The van der Waals surface area contributed by atoms with Crippen LogP contribution in [-0.4, -0.2) is 73.9 Å². The van der Waals surface area contributed by atoms with Crippen molar-refractivity contribution >= 4 is 36.4 Å². The van der Waals surface area contributed by atoms with E-state index in [9.17, 15) is 14.8 Å². The van der Waals surface area contributed by atoms with Crippen LogP contribution >= 0.6 is 19.4 Å². The molecule has 2 fully saturated rings. The van der Waals surface area contributed by atoms with Crippen LogP contribution in [0, 0.1) is 0 Å². The number of hydrogen-bond donors (Lipinski definition) is 3. The van der Waals surface area contributed by atoms with Crippen molar-refractivity contribution in [1.82, 2.24) is 19.5 Å². The van der Waals surface area contributed by atoms with Crippen LogP contribution in [0.1, 0.15) is 43.0 Å². The first kappa shape index (κ1) is 32.0. The summed E-state index contributed by atoms with van der Waals surface area (Å²) >= 11 is 6.27. The highest BCUT2D eigenvalue weighted by molar-refractivity contribution is 7.48. The van der Waals surface area contributed by atoms with Gasteiger partial charge in [-0.25, -0.2) is 9.55 Å². The lowest BCUT2D eigenvalue weighted by molar-refractivity contribution is -0.0526. The van der Waals surface area contributed by atoms with Crippen molar-refractivity contribution in [2.45, 2.75) is 69.1 Å². The third kappa shape index (κ3) is 7.90. The minimum absolute atomic E-state index is 0.0129. The van der Waals surface area contributed by atoms with E-state index in [-0.39, 0.29) is 31.1 Å². The molecule has 3 heterocycles. The number of halogens is 1. The number of fused-ring (bicyclic) bond motifs is 1. The third-order valence-corrected chi connectivity index (χ3v) is 9.70. The first-order valence-corrected chi connectivity index (χ1v) is 17.0. The maximum atomic E-state index is 13.7. The molecule has 12 nitrogen and oxygen atoms in total. The molecule has 0 spiro atoms. The van der Waals surface area contributed by atoms with Gasteiger partial charge in [-0.1, -0.05) is 73.5 Å². The smallest absolute Gasteiger partial charge is 0.387 e. The fourth-order valence-electron chi connectivity index (χ4n) is 5.65. The predicted molar refractivity (Wildman–Crippen MR) is 168 cm³/mol. The summed E-state index contributed by atoms with van der Waals surface area (Å²) in [4.78, 5) is 13.1. The molecule has 6 rings (SSSR count). The summed E-state index contributed by atoms with van der Waals surface area (Å²) in [6, 6.07) is 19.5. The van der Waals surface area contributed by atoms with Crippen molar-refractivity contribution in [2.75, 3.05) is 25.1 Å². The van der Waals surface area contributed by atoms with Gasteiger partial charge in [-0.3, -0.25) is 18.1 Å². The Morgan fingerprint density at radius 3 is 2.16 bits per heavy atom. The summed E-state index contributed by atoms with van der Waals surface area (Å²) in [6.07, 6.45) is 1.92. The number of hydrogen-bond acceptors (Lipinski definition) is 11. The number of benzene rings is 2. The van der Waals surface area contributed by atoms with Crippen LogP contribution in [0.15, 0.2) is 67.0 Å². The number of aromatic nitrogens is 4. The quantitative estimate of drug-likeness (QED) is 0.123. The standard InChI is InChI=1S/C31H37ClN5O7P/c32-31-35-28(34-23-13-7-8-14-23)25-29(36-31)37(20-33-25)30-27(39)26(38)24(44-30)19-43-45(40,41-17-15-21-9-3-1-4-10-21)42-18-16-22-11-5-2-6-12-22/h1-6,9-12,20,23-24,26-27,30,38-39H,7-8,13-19H2,(H,34,35,36)/t24-,26-,27-,30-/m1/s1. The van der Waals surface area contributed by atoms with Gasteiger partial charge in [0.2, 0.25) is 5.28 Å². The van der Waals surface area contributed by atoms with E-state index >= 15 is 0 Å². The zero-order valence-electron chi connectivity index (χ0n) is 24.7. The summed E-state index contributed by atoms with van der Waals surface area (Å²) in [5.41, 5.74) is 2.82. The van der Waals surface area contributed by atoms with Crippen LogP contribution in [0.2, 0.25) is 5.28 Å². The molecule has 4 aromatic rings. The molecule has 2 aromatic carbocycles. The fraction of sp³-hybridized carbons (Fsp3) is 0.452. The van der Waals surface area contributed by atoms with Gasteiger partial charge >= 0.3 is 7.82 Å². The summed E-state index contributed by atoms with van der Waals surface area (Å²) in [7, 11) is -4.08. The van der Waals surface area contributed by atoms with Crippen LogP contribution in [0.4, 0.5) is 5.82 Å². The average Bonchev–Trinajstić information content (AvgIpc) is 3.78. The molecule has 0 radical (unpaired) electrons. The third-order valence-electron chi connectivity index (χ3n) is 8.06. The number of rotatable bonds is 14. The van der Waals surface area contributed by atoms with Crippen molar-refractivity contribution in [3.05, 3.63) is 83.4 Å². The first-order chi connectivity index (χ1) is 21.9. The number of ether oxygens (including phenoxy) is 1. The Hall–Kier alpha value is -2.93. The van der Waals surface area contributed by atoms with Crippen molar-refractivity contribution in [3.8, 4) is 0 Å². The molecular weight excluding hydrogens is 621 g/mol. The molecule has 1 aliphatic heterocycles. The van der Waals surface area contributed by atoms with Crippen molar-refractivity contribution in [2.24, 2.45) is 0 Å². The molecule has 240 valence electrons. The van der Waals surface area contributed by atoms with E-state index in [0.717, 1.165) is 36.8 Å². The zero-order valence-corrected chi connectivity index (χ0v) is 26.3. The Balaban J connectivity index is 1.13. The predicted octanol–water partition coefficient (Wildman–Crippen LogP) is 5.10. The number of anilines is 1. The van der Waals surface area contributed by atoms with Gasteiger partial charge in [0, 0.05) is 6.04 Å². The molecule has 1 aliphatic carbocycles. The van der Waals surface area contributed by atoms with Crippen LogP contribution in [-0.2, 0) is 35.7 Å². The Morgan fingerprint density at radius 2 is 1.53 bits per heavy atom. The number of phosphoric ester groups is 1. The van der Waals surface area contributed by atoms with Crippen molar-refractivity contribution < 1.29 is 33.1 Å². The second-order valence-electron chi connectivity index (χ2n) is 11.2. The number of nitrogens with zero attached hydrogens (tertiary/aromatic N) is 4. The zero-order chi connectivity index (χ0) is 31.2. The number of nitrogens with one attached hydrogen (secondary N) is 1. The van der Waals surface area contributed by atoms with Gasteiger partial charge < -0.3 is 20.3 Å². The topological polar surface area (TPSA) is 150 Å². The lowest BCUT2D eigenvalue weighted by Crippen LogP contribution is -2.33. The Bertz CT molecular complexity index is 1540. The summed E-state index contributed by atoms with van der Waals surface area (Å²) in [6.45, 7) is -0.186. The van der Waals surface area contributed by atoms with Crippen LogP contribution < -0.4 is 5.32 Å². The number of imidazole rings is 1.